The molecule has 2 aromatic heterocycles. The van der Waals surface area contributed by atoms with Crippen molar-refractivity contribution in [3.05, 3.63) is 33.5 Å². The van der Waals surface area contributed by atoms with Crippen LogP contribution < -0.4 is 5.32 Å². The zero-order valence-electron chi connectivity index (χ0n) is 14.4. The molecule has 2 aromatic rings. The Hall–Kier alpha value is -1.93. The van der Waals surface area contributed by atoms with Crippen LogP contribution in [0, 0.1) is 0 Å². The molecular formula is C17H23N5O2S. The SMILES string of the molecule is CN(Cc1nnc2n1CCOCC2)C(=O)NC1CCCc2sccc21. The maximum absolute atomic E-state index is 12.6. The average Bonchev–Trinajstić information content (AvgIpc) is 3.16. The fourth-order valence-corrected chi connectivity index (χ4v) is 4.52. The minimum absolute atomic E-state index is 0.0636. The fraction of sp³-hybridized carbons (Fsp3) is 0.588. The summed E-state index contributed by atoms with van der Waals surface area (Å²) in [5, 5.41) is 13.8. The van der Waals surface area contributed by atoms with Gasteiger partial charge in [0, 0.05) is 24.9 Å². The number of aryl methyl sites for hydroxylation is 1. The van der Waals surface area contributed by atoms with Crippen molar-refractivity contribution in [3.63, 3.8) is 0 Å². The number of aromatic nitrogens is 3. The number of hydrogen-bond acceptors (Lipinski definition) is 5. The minimum atomic E-state index is -0.0636. The molecule has 0 radical (unpaired) electrons. The molecule has 25 heavy (non-hydrogen) atoms. The van der Waals surface area contributed by atoms with Gasteiger partial charge in [-0.15, -0.1) is 21.5 Å². The second-order valence-corrected chi connectivity index (χ2v) is 7.60. The molecule has 7 nitrogen and oxygen atoms in total. The molecule has 0 fully saturated rings. The smallest absolute Gasteiger partial charge is 0.318 e. The fourth-order valence-electron chi connectivity index (χ4n) is 3.53. The van der Waals surface area contributed by atoms with Gasteiger partial charge in [-0.3, -0.25) is 0 Å². The number of amides is 2. The lowest BCUT2D eigenvalue weighted by Gasteiger charge is -2.26. The van der Waals surface area contributed by atoms with Crippen LogP contribution in [0.4, 0.5) is 4.79 Å². The van der Waals surface area contributed by atoms with Crippen LogP contribution in [-0.2, 0) is 30.7 Å². The molecule has 3 heterocycles. The van der Waals surface area contributed by atoms with Crippen molar-refractivity contribution in [2.45, 2.75) is 44.8 Å². The van der Waals surface area contributed by atoms with Gasteiger partial charge in [-0.05, 0) is 36.3 Å². The van der Waals surface area contributed by atoms with Gasteiger partial charge in [0.05, 0.1) is 25.8 Å². The summed E-state index contributed by atoms with van der Waals surface area (Å²) < 4.78 is 7.57. The Bertz CT molecular complexity index is 756. The summed E-state index contributed by atoms with van der Waals surface area (Å²) in [6.45, 7) is 2.53. The zero-order chi connectivity index (χ0) is 17.2. The number of carbonyl (C=O) groups excluding carboxylic acids is 1. The number of nitrogens with zero attached hydrogens (tertiary/aromatic N) is 4. The van der Waals surface area contributed by atoms with Crippen molar-refractivity contribution in [3.8, 4) is 0 Å². The van der Waals surface area contributed by atoms with Gasteiger partial charge in [0.25, 0.3) is 0 Å². The number of rotatable bonds is 3. The van der Waals surface area contributed by atoms with E-state index in [-0.39, 0.29) is 12.1 Å². The summed E-state index contributed by atoms with van der Waals surface area (Å²) in [5.41, 5.74) is 1.28. The lowest BCUT2D eigenvalue weighted by Crippen LogP contribution is -2.40. The third kappa shape index (κ3) is 3.41. The van der Waals surface area contributed by atoms with Crippen molar-refractivity contribution >= 4 is 17.4 Å². The predicted octanol–water partition coefficient (Wildman–Crippen LogP) is 2.13. The summed E-state index contributed by atoms with van der Waals surface area (Å²) in [4.78, 5) is 15.7. The highest BCUT2D eigenvalue weighted by molar-refractivity contribution is 7.10. The maximum Gasteiger partial charge on any atom is 0.318 e. The molecule has 1 aliphatic heterocycles. The Morgan fingerprint density at radius 2 is 2.36 bits per heavy atom. The van der Waals surface area contributed by atoms with Crippen LogP contribution in [0.3, 0.4) is 0 Å². The molecule has 1 aliphatic carbocycles. The molecule has 0 saturated carbocycles. The molecular weight excluding hydrogens is 338 g/mol. The highest BCUT2D eigenvalue weighted by Crippen LogP contribution is 2.33. The molecule has 1 atom stereocenters. The first kappa shape index (κ1) is 16.5. The first-order valence-corrected chi connectivity index (χ1v) is 9.67. The molecule has 0 saturated heterocycles. The molecule has 1 unspecified atom stereocenters. The molecule has 0 aromatic carbocycles. The van der Waals surface area contributed by atoms with Gasteiger partial charge in [0.2, 0.25) is 0 Å². The van der Waals surface area contributed by atoms with Gasteiger partial charge in [-0.25, -0.2) is 4.79 Å². The first-order valence-electron chi connectivity index (χ1n) is 8.79. The Labute approximate surface area is 151 Å². The maximum atomic E-state index is 12.6. The van der Waals surface area contributed by atoms with Gasteiger partial charge in [-0.1, -0.05) is 0 Å². The summed E-state index contributed by atoms with van der Waals surface area (Å²) in [6, 6.07) is 2.20. The topological polar surface area (TPSA) is 72.3 Å². The first-order chi connectivity index (χ1) is 12.2. The number of fused-ring (bicyclic) bond motifs is 2. The third-order valence-electron chi connectivity index (χ3n) is 4.91. The zero-order valence-corrected chi connectivity index (χ0v) is 15.2. The minimum Gasteiger partial charge on any atom is -0.379 e. The van der Waals surface area contributed by atoms with E-state index in [0.29, 0.717) is 19.8 Å². The van der Waals surface area contributed by atoms with Crippen LogP contribution in [-0.4, -0.2) is 46.0 Å². The average molecular weight is 361 g/mol. The molecule has 1 N–H and O–H groups in total. The Morgan fingerprint density at radius 1 is 1.44 bits per heavy atom. The van der Waals surface area contributed by atoms with E-state index < -0.39 is 0 Å². The summed E-state index contributed by atoms with van der Waals surface area (Å²) in [5.74, 6) is 1.76. The van der Waals surface area contributed by atoms with E-state index in [4.69, 9.17) is 4.74 Å². The van der Waals surface area contributed by atoms with E-state index in [1.165, 1.54) is 10.4 Å². The number of nitrogens with one attached hydrogen (secondary N) is 1. The Balaban J connectivity index is 1.41. The highest BCUT2D eigenvalue weighted by Gasteiger charge is 2.25. The van der Waals surface area contributed by atoms with E-state index >= 15 is 0 Å². The summed E-state index contributed by atoms with van der Waals surface area (Å²) in [7, 11) is 1.81. The molecule has 8 heteroatoms. The van der Waals surface area contributed by atoms with E-state index in [2.05, 4.69) is 31.5 Å². The van der Waals surface area contributed by atoms with Crippen molar-refractivity contribution in [2.24, 2.45) is 0 Å². The van der Waals surface area contributed by atoms with E-state index in [1.807, 2.05) is 7.05 Å². The van der Waals surface area contributed by atoms with Gasteiger partial charge < -0.3 is 19.5 Å². The number of ether oxygens (including phenoxy) is 1. The number of hydrogen-bond donors (Lipinski definition) is 1. The number of urea groups is 1. The van der Waals surface area contributed by atoms with Crippen molar-refractivity contribution in [2.75, 3.05) is 20.3 Å². The van der Waals surface area contributed by atoms with Crippen LogP contribution in [0.15, 0.2) is 11.4 Å². The second-order valence-electron chi connectivity index (χ2n) is 6.60. The molecule has 2 aliphatic rings. The Morgan fingerprint density at radius 3 is 3.28 bits per heavy atom. The van der Waals surface area contributed by atoms with Gasteiger partial charge in [0.1, 0.15) is 5.82 Å². The third-order valence-corrected chi connectivity index (χ3v) is 5.90. The van der Waals surface area contributed by atoms with E-state index in [1.54, 1.807) is 16.2 Å². The molecule has 0 bridgehead atoms. The number of thiophene rings is 1. The molecule has 2 amide bonds. The summed E-state index contributed by atoms with van der Waals surface area (Å²) >= 11 is 1.79. The monoisotopic (exact) mass is 361 g/mol. The quantitative estimate of drug-likeness (QED) is 0.909. The lowest BCUT2D eigenvalue weighted by molar-refractivity contribution is 0.139. The summed E-state index contributed by atoms with van der Waals surface area (Å²) in [6.07, 6.45) is 4.02. The molecule has 0 spiro atoms. The van der Waals surface area contributed by atoms with Crippen molar-refractivity contribution in [1.82, 2.24) is 25.0 Å². The number of carbonyl (C=O) groups is 1. The lowest BCUT2D eigenvalue weighted by atomic mass is 9.94. The van der Waals surface area contributed by atoms with E-state index in [9.17, 15) is 4.79 Å². The Kier molecular flexibility index (Phi) is 4.72. The highest BCUT2D eigenvalue weighted by atomic mass is 32.1. The van der Waals surface area contributed by atoms with Gasteiger partial charge in [-0.2, -0.15) is 0 Å². The van der Waals surface area contributed by atoms with Crippen LogP contribution in [0.1, 0.15) is 41.0 Å². The van der Waals surface area contributed by atoms with Gasteiger partial charge in [0.15, 0.2) is 5.82 Å². The van der Waals surface area contributed by atoms with E-state index in [0.717, 1.165) is 43.9 Å². The predicted molar refractivity (Wildman–Crippen MR) is 94.5 cm³/mol. The van der Waals surface area contributed by atoms with Crippen LogP contribution in [0.2, 0.25) is 0 Å². The largest absolute Gasteiger partial charge is 0.379 e. The molecule has 4 rings (SSSR count). The van der Waals surface area contributed by atoms with Crippen LogP contribution in [0.25, 0.3) is 0 Å². The standard InChI is InChI=1S/C17H23N5O2S/c1-21(11-16-20-19-15-5-8-24-9-7-22(15)16)17(23)18-13-3-2-4-14-12(13)6-10-25-14/h6,10,13H,2-5,7-9,11H2,1H3,(H,18,23). The van der Waals surface area contributed by atoms with Crippen LogP contribution >= 0.6 is 11.3 Å². The van der Waals surface area contributed by atoms with Crippen molar-refractivity contribution < 1.29 is 9.53 Å². The van der Waals surface area contributed by atoms with Crippen molar-refractivity contribution in [1.29, 1.82) is 0 Å². The van der Waals surface area contributed by atoms with Crippen LogP contribution in [0.5, 0.6) is 0 Å². The molecule has 134 valence electrons. The normalized spacial score (nSPS) is 19.6. The second kappa shape index (κ2) is 7.13. The van der Waals surface area contributed by atoms with Gasteiger partial charge >= 0.3 is 6.03 Å².